The molecule has 3 rings (SSSR count). The van der Waals surface area contributed by atoms with Crippen LogP contribution in [0, 0.1) is 0 Å². The summed E-state index contributed by atoms with van der Waals surface area (Å²) in [6.45, 7) is 0. The lowest BCUT2D eigenvalue weighted by Crippen LogP contribution is -1.98. The lowest BCUT2D eigenvalue weighted by molar-refractivity contribution is 0.112. The Hall–Kier alpha value is -2.53. The molecule has 26 heavy (non-hydrogen) atoms. The standard InChI is InChI=1S/C21H20O2.CH5NO/c22-15-17-10-8-16(9-11-17)4-3-7-21(23)20-13-12-18-5-1-2-6-19(18)14-20;1-2-3/h1-2,5-6,8-15,21,23H,3-4,7H2;2-3H,1H3. The van der Waals surface area contributed by atoms with Crippen LogP contribution < -0.4 is 5.48 Å². The van der Waals surface area contributed by atoms with Gasteiger partial charge in [0.25, 0.3) is 0 Å². The van der Waals surface area contributed by atoms with Gasteiger partial charge in [-0.05, 0) is 47.2 Å². The van der Waals surface area contributed by atoms with Gasteiger partial charge in [-0.1, -0.05) is 60.7 Å². The third kappa shape index (κ3) is 5.77. The highest BCUT2D eigenvalue weighted by Gasteiger charge is 2.08. The lowest BCUT2D eigenvalue weighted by Gasteiger charge is -2.12. The minimum atomic E-state index is -0.436. The topological polar surface area (TPSA) is 69.6 Å². The summed E-state index contributed by atoms with van der Waals surface area (Å²) in [7, 11) is 1.43. The molecule has 0 spiro atoms. The summed E-state index contributed by atoms with van der Waals surface area (Å²) in [5.41, 5.74) is 4.62. The Balaban J connectivity index is 0.000000758. The van der Waals surface area contributed by atoms with E-state index in [-0.39, 0.29) is 0 Å². The third-order valence-electron chi connectivity index (χ3n) is 4.22. The highest BCUT2D eigenvalue weighted by molar-refractivity contribution is 5.83. The van der Waals surface area contributed by atoms with Crippen LogP contribution in [-0.2, 0) is 6.42 Å². The minimum absolute atomic E-state index is 0.436. The van der Waals surface area contributed by atoms with Crippen LogP contribution in [0.3, 0.4) is 0 Å². The minimum Gasteiger partial charge on any atom is -0.388 e. The number of hydrogen-bond donors (Lipinski definition) is 3. The molecule has 136 valence electrons. The van der Waals surface area contributed by atoms with Crippen LogP contribution in [0.5, 0.6) is 0 Å². The lowest BCUT2D eigenvalue weighted by atomic mass is 9.98. The number of rotatable bonds is 6. The van der Waals surface area contributed by atoms with E-state index in [0.717, 1.165) is 36.5 Å². The summed E-state index contributed by atoms with van der Waals surface area (Å²) in [5.74, 6) is 0. The van der Waals surface area contributed by atoms with Crippen molar-refractivity contribution < 1.29 is 15.1 Å². The van der Waals surface area contributed by atoms with E-state index < -0.39 is 6.10 Å². The number of carbonyl (C=O) groups is 1. The van der Waals surface area contributed by atoms with Crippen molar-refractivity contribution in [2.24, 2.45) is 0 Å². The van der Waals surface area contributed by atoms with Crippen LogP contribution in [-0.4, -0.2) is 23.6 Å². The first-order valence-electron chi connectivity index (χ1n) is 8.69. The second-order valence-electron chi connectivity index (χ2n) is 6.10. The van der Waals surface area contributed by atoms with Crippen LogP contribution in [0.2, 0.25) is 0 Å². The molecule has 0 heterocycles. The average molecular weight is 351 g/mol. The maximum absolute atomic E-state index is 10.6. The zero-order valence-corrected chi connectivity index (χ0v) is 14.9. The van der Waals surface area contributed by atoms with E-state index in [0.29, 0.717) is 5.56 Å². The van der Waals surface area contributed by atoms with Gasteiger partial charge in [-0.25, -0.2) is 5.48 Å². The van der Waals surface area contributed by atoms with Crippen LogP contribution in [0.15, 0.2) is 66.7 Å². The maximum Gasteiger partial charge on any atom is 0.150 e. The number of aldehydes is 1. The normalized spacial score (nSPS) is 11.5. The molecule has 0 amide bonds. The molecule has 4 nitrogen and oxygen atoms in total. The Labute approximate surface area is 154 Å². The Morgan fingerprint density at radius 3 is 2.31 bits per heavy atom. The smallest absolute Gasteiger partial charge is 0.150 e. The Morgan fingerprint density at radius 1 is 1.00 bits per heavy atom. The highest BCUT2D eigenvalue weighted by Crippen LogP contribution is 2.24. The number of nitrogens with one attached hydrogen (secondary N) is 1. The number of carbonyl (C=O) groups excluding carboxylic acids is 1. The van der Waals surface area contributed by atoms with Gasteiger partial charge in [0.1, 0.15) is 6.29 Å². The molecule has 3 aromatic carbocycles. The van der Waals surface area contributed by atoms with E-state index in [1.54, 1.807) is 5.48 Å². The number of aliphatic hydroxyl groups is 1. The predicted octanol–water partition coefficient (Wildman–Crippen LogP) is 4.30. The van der Waals surface area contributed by atoms with Crippen molar-refractivity contribution in [2.45, 2.75) is 25.4 Å². The molecule has 0 aliphatic heterocycles. The molecule has 3 aromatic rings. The van der Waals surface area contributed by atoms with Gasteiger partial charge >= 0.3 is 0 Å². The fourth-order valence-corrected chi connectivity index (χ4v) is 2.84. The molecule has 0 radical (unpaired) electrons. The maximum atomic E-state index is 10.6. The first-order chi connectivity index (χ1) is 12.7. The van der Waals surface area contributed by atoms with Crippen molar-refractivity contribution in [3.8, 4) is 0 Å². The number of aryl methyl sites for hydroxylation is 1. The SMILES string of the molecule is CNO.O=Cc1ccc(CCCC(O)c2ccc3ccccc3c2)cc1. The van der Waals surface area contributed by atoms with E-state index in [1.807, 2.05) is 42.5 Å². The molecule has 1 unspecified atom stereocenters. The summed E-state index contributed by atoms with van der Waals surface area (Å²) >= 11 is 0. The van der Waals surface area contributed by atoms with E-state index in [4.69, 9.17) is 5.21 Å². The fourth-order valence-electron chi connectivity index (χ4n) is 2.84. The van der Waals surface area contributed by atoms with Gasteiger partial charge in [0, 0.05) is 12.6 Å². The molecular formula is C22H25NO3. The van der Waals surface area contributed by atoms with Crippen molar-refractivity contribution >= 4 is 17.1 Å². The molecule has 0 fully saturated rings. The summed E-state index contributed by atoms with van der Waals surface area (Å²) in [5, 5.41) is 20.1. The van der Waals surface area contributed by atoms with E-state index >= 15 is 0 Å². The van der Waals surface area contributed by atoms with Crippen molar-refractivity contribution in [3.63, 3.8) is 0 Å². The second kappa shape index (κ2) is 10.5. The predicted molar refractivity (Wildman–Crippen MR) is 105 cm³/mol. The van der Waals surface area contributed by atoms with Crippen molar-refractivity contribution in [3.05, 3.63) is 83.4 Å². The van der Waals surface area contributed by atoms with Crippen LogP contribution in [0.25, 0.3) is 10.8 Å². The number of fused-ring (bicyclic) bond motifs is 1. The number of hydroxylamine groups is 1. The van der Waals surface area contributed by atoms with Gasteiger partial charge in [-0.15, -0.1) is 0 Å². The second-order valence-corrected chi connectivity index (χ2v) is 6.10. The molecule has 0 saturated heterocycles. The quantitative estimate of drug-likeness (QED) is 0.457. The van der Waals surface area contributed by atoms with Crippen LogP contribution in [0.1, 0.15) is 40.4 Å². The largest absolute Gasteiger partial charge is 0.388 e. The van der Waals surface area contributed by atoms with Crippen LogP contribution in [0.4, 0.5) is 0 Å². The van der Waals surface area contributed by atoms with Crippen molar-refractivity contribution in [1.82, 2.24) is 5.48 Å². The first-order valence-corrected chi connectivity index (χ1v) is 8.69. The van der Waals surface area contributed by atoms with E-state index in [9.17, 15) is 9.90 Å². The van der Waals surface area contributed by atoms with Gasteiger partial charge in [-0.3, -0.25) is 4.79 Å². The monoisotopic (exact) mass is 351 g/mol. The number of benzene rings is 3. The van der Waals surface area contributed by atoms with Crippen LogP contribution >= 0.6 is 0 Å². The van der Waals surface area contributed by atoms with Crippen molar-refractivity contribution in [1.29, 1.82) is 0 Å². The Kier molecular flexibility index (Phi) is 7.96. The molecule has 4 heteroatoms. The fraction of sp³-hybridized carbons (Fsp3) is 0.227. The van der Waals surface area contributed by atoms with Gasteiger partial charge in [0.2, 0.25) is 0 Å². The molecule has 1 atom stereocenters. The molecule has 0 aromatic heterocycles. The summed E-state index contributed by atoms with van der Waals surface area (Å²) in [6, 6.07) is 21.9. The van der Waals surface area contributed by atoms with E-state index in [1.165, 1.54) is 18.0 Å². The van der Waals surface area contributed by atoms with Gasteiger partial charge in [-0.2, -0.15) is 0 Å². The summed E-state index contributed by atoms with van der Waals surface area (Å²) < 4.78 is 0. The Morgan fingerprint density at radius 2 is 1.65 bits per heavy atom. The molecule has 0 aliphatic rings. The number of aliphatic hydroxyl groups excluding tert-OH is 1. The zero-order valence-electron chi connectivity index (χ0n) is 14.9. The summed E-state index contributed by atoms with van der Waals surface area (Å²) in [6.07, 6.45) is 2.97. The molecular weight excluding hydrogens is 326 g/mol. The highest BCUT2D eigenvalue weighted by atomic mass is 16.5. The molecule has 3 N–H and O–H groups in total. The zero-order chi connectivity index (χ0) is 18.8. The summed E-state index contributed by atoms with van der Waals surface area (Å²) in [4.78, 5) is 10.6. The number of hydrogen-bond acceptors (Lipinski definition) is 4. The van der Waals surface area contributed by atoms with Crippen molar-refractivity contribution in [2.75, 3.05) is 7.05 Å². The molecule has 0 aliphatic carbocycles. The average Bonchev–Trinajstić information content (AvgIpc) is 2.68. The van der Waals surface area contributed by atoms with Gasteiger partial charge in [0.15, 0.2) is 0 Å². The van der Waals surface area contributed by atoms with Gasteiger partial charge in [0.05, 0.1) is 6.10 Å². The molecule has 0 bridgehead atoms. The first kappa shape index (κ1) is 19.8. The Bertz CT molecular complexity index is 815. The van der Waals surface area contributed by atoms with E-state index in [2.05, 4.69) is 24.3 Å². The third-order valence-corrected chi connectivity index (χ3v) is 4.22. The molecule has 0 saturated carbocycles. The van der Waals surface area contributed by atoms with Gasteiger partial charge < -0.3 is 10.3 Å².